The molecule has 0 aliphatic heterocycles. The van der Waals surface area contributed by atoms with E-state index in [-0.39, 0.29) is 18.7 Å². The fourth-order valence-corrected chi connectivity index (χ4v) is 1.40. The highest BCUT2D eigenvalue weighted by atomic mass is 16.3. The van der Waals surface area contributed by atoms with Crippen molar-refractivity contribution < 1.29 is 9.90 Å². The first-order valence-electron chi connectivity index (χ1n) is 5.82. The molecule has 2 amide bonds. The SMILES string of the molecule is CCc1cccc(NC(=O)N(C)C(C)CO)c1. The quantitative estimate of drug-likeness (QED) is 0.841. The van der Waals surface area contributed by atoms with Gasteiger partial charge in [-0.25, -0.2) is 4.79 Å². The molecule has 1 rings (SSSR count). The maximum absolute atomic E-state index is 11.8. The van der Waals surface area contributed by atoms with Gasteiger partial charge in [-0.05, 0) is 31.0 Å². The van der Waals surface area contributed by atoms with E-state index in [0.717, 1.165) is 12.1 Å². The van der Waals surface area contributed by atoms with Gasteiger partial charge in [-0.15, -0.1) is 0 Å². The molecule has 17 heavy (non-hydrogen) atoms. The zero-order valence-electron chi connectivity index (χ0n) is 10.6. The van der Waals surface area contributed by atoms with Crippen molar-refractivity contribution in [1.29, 1.82) is 0 Å². The van der Waals surface area contributed by atoms with Crippen molar-refractivity contribution in [2.45, 2.75) is 26.3 Å². The lowest BCUT2D eigenvalue weighted by Crippen LogP contribution is -2.40. The second kappa shape index (κ2) is 6.25. The summed E-state index contributed by atoms with van der Waals surface area (Å²) in [7, 11) is 1.67. The third kappa shape index (κ3) is 3.75. The Hall–Kier alpha value is -1.55. The highest BCUT2D eigenvalue weighted by Crippen LogP contribution is 2.12. The smallest absolute Gasteiger partial charge is 0.321 e. The second-order valence-electron chi connectivity index (χ2n) is 4.13. The van der Waals surface area contributed by atoms with Crippen LogP contribution in [0.25, 0.3) is 0 Å². The van der Waals surface area contributed by atoms with E-state index in [1.165, 1.54) is 10.5 Å². The minimum Gasteiger partial charge on any atom is -0.394 e. The van der Waals surface area contributed by atoms with Gasteiger partial charge in [0.25, 0.3) is 0 Å². The number of anilines is 1. The normalized spacial score (nSPS) is 12.0. The Labute approximate surface area is 102 Å². The number of aliphatic hydroxyl groups is 1. The van der Waals surface area contributed by atoms with Gasteiger partial charge in [0, 0.05) is 12.7 Å². The Morgan fingerprint density at radius 2 is 2.24 bits per heavy atom. The van der Waals surface area contributed by atoms with Crippen LogP contribution in [0.4, 0.5) is 10.5 Å². The molecule has 1 aromatic carbocycles. The van der Waals surface area contributed by atoms with Gasteiger partial charge >= 0.3 is 6.03 Å². The number of carbonyl (C=O) groups excluding carboxylic acids is 1. The molecule has 1 aromatic rings. The van der Waals surface area contributed by atoms with Gasteiger partial charge in [0.1, 0.15) is 0 Å². The molecule has 0 radical (unpaired) electrons. The van der Waals surface area contributed by atoms with Gasteiger partial charge < -0.3 is 15.3 Å². The number of benzene rings is 1. The Morgan fingerprint density at radius 1 is 1.53 bits per heavy atom. The van der Waals surface area contributed by atoms with Crippen molar-refractivity contribution in [2.75, 3.05) is 19.0 Å². The minimum absolute atomic E-state index is 0.0427. The van der Waals surface area contributed by atoms with E-state index in [0.29, 0.717) is 0 Å². The average Bonchev–Trinajstić information content (AvgIpc) is 2.37. The third-order valence-electron chi connectivity index (χ3n) is 2.83. The lowest BCUT2D eigenvalue weighted by Gasteiger charge is -2.23. The molecule has 0 aromatic heterocycles. The first kappa shape index (κ1) is 13.5. The van der Waals surface area contributed by atoms with Crippen LogP contribution in [0.15, 0.2) is 24.3 Å². The molecule has 0 heterocycles. The number of nitrogens with zero attached hydrogens (tertiary/aromatic N) is 1. The van der Waals surface area contributed by atoms with Crippen LogP contribution >= 0.6 is 0 Å². The fraction of sp³-hybridized carbons (Fsp3) is 0.462. The van der Waals surface area contributed by atoms with Gasteiger partial charge in [-0.1, -0.05) is 19.1 Å². The number of carbonyl (C=O) groups is 1. The van der Waals surface area contributed by atoms with E-state index >= 15 is 0 Å². The zero-order valence-corrected chi connectivity index (χ0v) is 10.6. The summed E-state index contributed by atoms with van der Waals surface area (Å²) in [5.41, 5.74) is 1.96. The molecule has 0 bridgehead atoms. The second-order valence-corrected chi connectivity index (χ2v) is 4.13. The van der Waals surface area contributed by atoms with Crippen molar-refractivity contribution in [1.82, 2.24) is 4.90 Å². The number of hydrogen-bond donors (Lipinski definition) is 2. The lowest BCUT2D eigenvalue weighted by molar-refractivity contribution is 0.166. The van der Waals surface area contributed by atoms with Crippen molar-refractivity contribution >= 4 is 11.7 Å². The molecule has 1 unspecified atom stereocenters. The Kier molecular flexibility index (Phi) is 4.97. The van der Waals surface area contributed by atoms with E-state index < -0.39 is 0 Å². The number of urea groups is 1. The summed E-state index contributed by atoms with van der Waals surface area (Å²) in [4.78, 5) is 13.3. The summed E-state index contributed by atoms with van der Waals surface area (Å²) in [5.74, 6) is 0. The third-order valence-corrected chi connectivity index (χ3v) is 2.83. The number of aryl methyl sites for hydroxylation is 1. The average molecular weight is 236 g/mol. The molecule has 0 fully saturated rings. The van der Waals surface area contributed by atoms with E-state index in [2.05, 4.69) is 12.2 Å². The van der Waals surface area contributed by atoms with E-state index in [4.69, 9.17) is 5.11 Å². The van der Waals surface area contributed by atoms with Crippen molar-refractivity contribution in [3.05, 3.63) is 29.8 Å². The van der Waals surface area contributed by atoms with Crippen molar-refractivity contribution in [3.63, 3.8) is 0 Å². The maximum atomic E-state index is 11.8. The van der Waals surface area contributed by atoms with Crippen LogP contribution < -0.4 is 5.32 Å². The molecule has 0 saturated carbocycles. The number of hydrogen-bond acceptors (Lipinski definition) is 2. The first-order valence-corrected chi connectivity index (χ1v) is 5.82. The fourth-order valence-electron chi connectivity index (χ4n) is 1.40. The van der Waals surface area contributed by atoms with Crippen molar-refractivity contribution in [3.8, 4) is 0 Å². The van der Waals surface area contributed by atoms with Gasteiger partial charge in [-0.2, -0.15) is 0 Å². The van der Waals surface area contributed by atoms with Crippen LogP contribution in [-0.2, 0) is 6.42 Å². The van der Waals surface area contributed by atoms with E-state index in [9.17, 15) is 4.79 Å². The molecular formula is C13H20N2O2. The summed E-state index contributed by atoms with van der Waals surface area (Å²) in [6.07, 6.45) is 0.937. The van der Waals surface area contributed by atoms with Gasteiger partial charge in [-0.3, -0.25) is 0 Å². The van der Waals surface area contributed by atoms with Crippen LogP contribution in [-0.4, -0.2) is 35.7 Å². The predicted molar refractivity (Wildman–Crippen MR) is 69.1 cm³/mol. The van der Waals surface area contributed by atoms with E-state index in [1.54, 1.807) is 14.0 Å². The van der Waals surface area contributed by atoms with E-state index in [1.807, 2.05) is 24.3 Å². The predicted octanol–water partition coefficient (Wildman–Crippen LogP) is 2.09. The molecule has 4 nitrogen and oxygen atoms in total. The topological polar surface area (TPSA) is 52.6 Å². The largest absolute Gasteiger partial charge is 0.394 e. The number of aliphatic hydroxyl groups excluding tert-OH is 1. The molecule has 1 atom stereocenters. The van der Waals surface area contributed by atoms with Crippen molar-refractivity contribution in [2.24, 2.45) is 0 Å². The molecule has 2 N–H and O–H groups in total. The highest BCUT2D eigenvalue weighted by molar-refractivity contribution is 5.89. The molecule has 0 aliphatic rings. The lowest BCUT2D eigenvalue weighted by atomic mass is 10.1. The molecule has 0 aliphatic carbocycles. The Morgan fingerprint density at radius 3 is 2.82 bits per heavy atom. The standard InChI is InChI=1S/C13H20N2O2/c1-4-11-6-5-7-12(8-11)14-13(17)15(3)10(2)9-16/h5-8,10,16H,4,9H2,1-3H3,(H,14,17). The zero-order chi connectivity index (χ0) is 12.8. The Bertz CT molecular complexity index is 379. The summed E-state index contributed by atoms with van der Waals surface area (Å²) in [6.45, 7) is 3.82. The summed E-state index contributed by atoms with van der Waals surface area (Å²) < 4.78 is 0. The van der Waals surface area contributed by atoms with Crippen LogP contribution in [0.1, 0.15) is 19.4 Å². The Balaban J connectivity index is 2.67. The minimum atomic E-state index is -0.209. The summed E-state index contributed by atoms with van der Waals surface area (Å²) >= 11 is 0. The monoisotopic (exact) mass is 236 g/mol. The number of amides is 2. The first-order chi connectivity index (χ1) is 8.08. The van der Waals surface area contributed by atoms with Gasteiger partial charge in [0.15, 0.2) is 0 Å². The molecular weight excluding hydrogens is 216 g/mol. The summed E-state index contributed by atoms with van der Waals surface area (Å²) in [5, 5.41) is 11.8. The van der Waals surface area contributed by atoms with Gasteiger partial charge in [0.05, 0.1) is 12.6 Å². The van der Waals surface area contributed by atoms with Crippen LogP contribution in [0.3, 0.4) is 0 Å². The highest BCUT2D eigenvalue weighted by Gasteiger charge is 2.14. The van der Waals surface area contributed by atoms with Crippen LogP contribution in [0, 0.1) is 0 Å². The molecule has 4 heteroatoms. The van der Waals surface area contributed by atoms with Gasteiger partial charge in [0.2, 0.25) is 0 Å². The molecule has 0 saturated heterocycles. The number of rotatable bonds is 4. The maximum Gasteiger partial charge on any atom is 0.321 e. The van der Waals surface area contributed by atoms with Crippen LogP contribution in [0.5, 0.6) is 0 Å². The molecule has 0 spiro atoms. The van der Waals surface area contributed by atoms with Crippen LogP contribution in [0.2, 0.25) is 0 Å². The number of nitrogens with one attached hydrogen (secondary N) is 1. The molecule has 94 valence electrons. The number of likely N-dealkylation sites (N-methyl/N-ethyl adjacent to an activating group) is 1. The summed E-state index contributed by atoms with van der Waals surface area (Å²) in [6, 6.07) is 7.35.